The van der Waals surface area contributed by atoms with Gasteiger partial charge >= 0.3 is 24.3 Å². The first-order valence-electron chi connectivity index (χ1n) is 6.51. The predicted octanol–water partition coefficient (Wildman–Crippen LogP) is 2.73. The molecule has 0 amide bonds. The van der Waals surface area contributed by atoms with Gasteiger partial charge in [-0.15, -0.1) is 0 Å². The third kappa shape index (κ3) is 5.78. The highest BCUT2D eigenvalue weighted by atomic mass is 19.4. The maximum Gasteiger partial charge on any atom is 0.432 e. The lowest BCUT2D eigenvalue weighted by Gasteiger charge is -1.99. The Labute approximate surface area is 140 Å². The fourth-order valence-electron chi connectivity index (χ4n) is 1.35. The van der Waals surface area contributed by atoms with Gasteiger partial charge in [0.1, 0.15) is 11.4 Å². The molecule has 0 spiro atoms. The molecule has 2 rings (SSSR count). The number of halogens is 6. The van der Waals surface area contributed by atoms with Crippen LogP contribution in [0, 0.1) is 0 Å². The van der Waals surface area contributed by atoms with Crippen LogP contribution in [0.3, 0.4) is 0 Å². The van der Waals surface area contributed by atoms with Crippen LogP contribution in [0.15, 0.2) is 12.1 Å². The maximum absolute atomic E-state index is 12.0. The molecule has 0 saturated heterocycles. The van der Waals surface area contributed by atoms with Crippen molar-refractivity contribution in [3.63, 3.8) is 0 Å². The summed E-state index contributed by atoms with van der Waals surface area (Å²) in [6, 6.07) is 1.04. The lowest BCUT2D eigenvalue weighted by atomic mass is 10.3. The van der Waals surface area contributed by atoms with Crippen LogP contribution in [-0.4, -0.2) is 44.0 Å². The second-order valence-electron chi connectivity index (χ2n) is 4.35. The van der Waals surface area contributed by atoms with Gasteiger partial charge in [0.25, 0.3) is 0 Å². The van der Waals surface area contributed by atoms with E-state index in [0.717, 1.165) is 0 Å². The number of rotatable bonds is 3. The number of aromatic carboxylic acids is 1. The monoisotopic (exact) mass is 388 g/mol. The van der Waals surface area contributed by atoms with E-state index in [1.807, 2.05) is 0 Å². The number of esters is 1. The Morgan fingerprint density at radius 1 is 1.00 bits per heavy atom. The van der Waals surface area contributed by atoms with Gasteiger partial charge in [0.15, 0.2) is 11.4 Å². The van der Waals surface area contributed by atoms with Crippen molar-refractivity contribution in [2.45, 2.75) is 19.3 Å². The average Bonchev–Trinajstić information content (AvgIpc) is 3.17. The van der Waals surface area contributed by atoms with Gasteiger partial charge in [-0.05, 0) is 6.92 Å². The van der Waals surface area contributed by atoms with E-state index in [1.165, 1.54) is 0 Å². The number of carbonyl (C=O) groups is 2. The Balaban J connectivity index is 0.000000263. The van der Waals surface area contributed by atoms with E-state index in [1.54, 1.807) is 17.1 Å². The van der Waals surface area contributed by atoms with E-state index >= 15 is 0 Å². The van der Waals surface area contributed by atoms with Crippen molar-refractivity contribution in [3.05, 3.63) is 34.9 Å². The molecule has 8 nitrogen and oxygen atoms in total. The zero-order valence-electron chi connectivity index (χ0n) is 12.7. The Morgan fingerprint density at radius 2 is 1.42 bits per heavy atom. The van der Waals surface area contributed by atoms with E-state index in [4.69, 9.17) is 5.11 Å². The van der Waals surface area contributed by atoms with Crippen LogP contribution in [0.2, 0.25) is 0 Å². The number of H-pyrrole nitrogens is 2. The van der Waals surface area contributed by atoms with E-state index in [0.29, 0.717) is 12.1 Å². The summed E-state index contributed by atoms with van der Waals surface area (Å²) < 4.78 is 75.9. The molecule has 2 aromatic heterocycles. The molecule has 14 heteroatoms. The molecule has 0 aliphatic rings. The van der Waals surface area contributed by atoms with Crippen LogP contribution in [-0.2, 0) is 17.1 Å². The predicted molar refractivity (Wildman–Crippen MR) is 70.1 cm³/mol. The summed E-state index contributed by atoms with van der Waals surface area (Å²) in [7, 11) is 0. The Hall–Kier alpha value is -3.06. The summed E-state index contributed by atoms with van der Waals surface area (Å²) in [5.41, 5.74) is -3.26. The number of hydrogen-bond acceptors (Lipinski definition) is 5. The summed E-state index contributed by atoms with van der Waals surface area (Å²) in [6.07, 6.45) is -9.11. The number of alkyl halides is 6. The zero-order chi connectivity index (χ0) is 20.1. The van der Waals surface area contributed by atoms with Gasteiger partial charge in [-0.2, -0.15) is 36.5 Å². The normalized spacial score (nSPS) is 11.5. The molecule has 0 radical (unpaired) electrons. The van der Waals surface area contributed by atoms with Gasteiger partial charge < -0.3 is 9.84 Å². The first kappa shape index (κ1) is 21.0. The quantitative estimate of drug-likeness (QED) is 0.549. The van der Waals surface area contributed by atoms with Crippen molar-refractivity contribution in [2.75, 3.05) is 6.61 Å². The van der Waals surface area contributed by atoms with Crippen LogP contribution < -0.4 is 0 Å². The van der Waals surface area contributed by atoms with Crippen LogP contribution in [0.4, 0.5) is 26.3 Å². The van der Waals surface area contributed by atoms with Crippen molar-refractivity contribution in [1.29, 1.82) is 0 Å². The zero-order valence-corrected chi connectivity index (χ0v) is 12.7. The first-order valence-corrected chi connectivity index (χ1v) is 6.51. The summed E-state index contributed by atoms with van der Waals surface area (Å²) in [5.74, 6) is -2.37. The number of carboxylic acid groups (broad SMARTS) is 1. The summed E-state index contributed by atoms with van der Waals surface area (Å²) in [6.45, 7) is 1.64. The number of hydrogen-bond donors (Lipinski definition) is 3. The maximum atomic E-state index is 12.0. The van der Waals surface area contributed by atoms with Crippen LogP contribution in [0.25, 0.3) is 0 Å². The van der Waals surface area contributed by atoms with Gasteiger partial charge in [-0.3, -0.25) is 10.2 Å². The fourth-order valence-corrected chi connectivity index (χ4v) is 1.35. The summed E-state index contributed by atoms with van der Waals surface area (Å²) in [5, 5.41) is 17.6. The number of nitrogens with one attached hydrogen (secondary N) is 2. The molecular weight excluding hydrogens is 378 g/mol. The third-order valence-electron chi connectivity index (χ3n) is 2.47. The molecule has 26 heavy (non-hydrogen) atoms. The summed E-state index contributed by atoms with van der Waals surface area (Å²) >= 11 is 0. The number of nitrogens with zero attached hydrogens (tertiary/aromatic N) is 2. The highest BCUT2D eigenvalue weighted by molar-refractivity contribution is 5.87. The minimum absolute atomic E-state index is 0.0903. The van der Waals surface area contributed by atoms with Crippen molar-refractivity contribution in [1.82, 2.24) is 20.4 Å². The van der Waals surface area contributed by atoms with Crippen molar-refractivity contribution >= 4 is 11.9 Å². The van der Waals surface area contributed by atoms with Crippen molar-refractivity contribution in [3.8, 4) is 0 Å². The van der Waals surface area contributed by atoms with E-state index in [9.17, 15) is 35.9 Å². The number of carbonyl (C=O) groups excluding carboxylic acids is 1. The SMILES string of the molecule is CCOC(=O)c1cc(C(F)(F)F)[nH]n1.O=C(O)c1cc(C(F)(F)F)[nH]n1. The minimum atomic E-state index is -4.58. The largest absolute Gasteiger partial charge is 0.476 e. The Kier molecular flexibility index (Phi) is 6.36. The van der Waals surface area contributed by atoms with Crippen LogP contribution in [0.5, 0.6) is 0 Å². The number of aromatic nitrogens is 4. The van der Waals surface area contributed by atoms with Crippen molar-refractivity contribution < 1.29 is 45.8 Å². The van der Waals surface area contributed by atoms with Gasteiger partial charge in [-0.25, -0.2) is 9.59 Å². The molecule has 0 fully saturated rings. The second kappa shape index (κ2) is 7.88. The summed E-state index contributed by atoms with van der Waals surface area (Å²) in [4.78, 5) is 21.0. The minimum Gasteiger partial charge on any atom is -0.476 e. The lowest BCUT2D eigenvalue weighted by molar-refractivity contribution is -0.142. The molecule has 0 bridgehead atoms. The molecular formula is C12H10F6N4O4. The van der Waals surface area contributed by atoms with E-state index < -0.39 is 41.4 Å². The number of aromatic amines is 2. The standard InChI is InChI=1S/C7H7F3N2O2.C5H3F3N2O2/c1-2-14-6(13)4-3-5(12-11-4)7(8,9)10;6-5(7,8)3-1-2(4(11)12)9-10-3/h3H,2H2,1H3,(H,11,12);1H,(H,9,10)(H,11,12). The molecule has 0 atom stereocenters. The van der Waals surface area contributed by atoms with Gasteiger partial charge in [0.05, 0.1) is 6.61 Å². The van der Waals surface area contributed by atoms with E-state index in [2.05, 4.69) is 14.9 Å². The van der Waals surface area contributed by atoms with Gasteiger partial charge in [-0.1, -0.05) is 0 Å². The highest BCUT2D eigenvalue weighted by Gasteiger charge is 2.34. The Morgan fingerprint density at radius 3 is 1.73 bits per heavy atom. The molecule has 144 valence electrons. The number of ether oxygens (including phenoxy) is 1. The topological polar surface area (TPSA) is 121 Å². The molecule has 2 aromatic rings. The smallest absolute Gasteiger partial charge is 0.432 e. The molecule has 0 aliphatic carbocycles. The molecule has 0 aromatic carbocycles. The van der Waals surface area contributed by atoms with Crippen molar-refractivity contribution in [2.24, 2.45) is 0 Å². The van der Waals surface area contributed by atoms with Crippen LogP contribution >= 0.6 is 0 Å². The molecule has 2 heterocycles. The number of carboxylic acids is 1. The molecule has 0 aliphatic heterocycles. The Bertz CT molecular complexity index is 764. The second-order valence-corrected chi connectivity index (χ2v) is 4.35. The average molecular weight is 388 g/mol. The third-order valence-corrected chi connectivity index (χ3v) is 2.47. The molecule has 0 unspecified atom stereocenters. The lowest BCUT2D eigenvalue weighted by Crippen LogP contribution is -2.05. The highest BCUT2D eigenvalue weighted by Crippen LogP contribution is 2.28. The fraction of sp³-hybridized carbons (Fsp3) is 0.333. The van der Waals surface area contributed by atoms with Gasteiger partial charge in [0, 0.05) is 12.1 Å². The molecule has 3 N–H and O–H groups in total. The first-order chi connectivity index (χ1) is 11.9. The van der Waals surface area contributed by atoms with Gasteiger partial charge in [0.2, 0.25) is 0 Å². The van der Waals surface area contributed by atoms with E-state index in [-0.39, 0.29) is 12.3 Å². The van der Waals surface area contributed by atoms with Crippen LogP contribution in [0.1, 0.15) is 39.3 Å². The molecule has 0 saturated carbocycles.